The molecule has 3 rings (SSSR count). The number of benzene rings is 2. The topological polar surface area (TPSA) is 94.5 Å². The van der Waals surface area contributed by atoms with Gasteiger partial charge in [0.1, 0.15) is 0 Å². The number of methoxy groups -OCH3 is 1. The number of carbonyl (C=O) groups is 2. The summed E-state index contributed by atoms with van der Waals surface area (Å²) < 4.78 is 4.81. The van der Waals surface area contributed by atoms with E-state index in [9.17, 15) is 9.59 Å². The molecule has 2 aromatic rings. The summed E-state index contributed by atoms with van der Waals surface area (Å²) in [6.45, 7) is 3.65. The quantitative estimate of drug-likeness (QED) is 0.487. The summed E-state index contributed by atoms with van der Waals surface area (Å²) in [6.07, 6.45) is 4.13. The molecule has 0 bridgehead atoms. The largest absolute Gasteiger partial charge is 0.465 e. The highest BCUT2D eigenvalue weighted by atomic mass is 16.5. The average molecular weight is 435 g/mol. The highest BCUT2D eigenvalue weighted by Crippen LogP contribution is 2.22. The number of hydrogen-bond donors (Lipinski definition) is 2. The minimum atomic E-state index is -0.292. The first-order chi connectivity index (χ1) is 15.6. The van der Waals surface area contributed by atoms with Crippen LogP contribution in [0.1, 0.15) is 40.7 Å². The number of ether oxygens (including phenoxy) is 1. The lowest BCUT2D eigenvalue weighted by Gasteiger charge is -2.32. The molecule has 0 aromatic heterocycles. The molecule has 2 aromatic carbocycles. The van der Waals surface area contributed by atoms with Gasteiger partial charge in [0.15, 0.2) is 0 Å². The van der Waals surface area contributed by atoms with Gasteiger partial charge < -0.3 is 20.3 Å². The number of esters is 1. The summed E-state index contributed by atoms with van der Waals surface area (Å²) in [5, 5.41) is 14.6. The van der Waals surface area contributed by atoms with Crippen LogP contribution in [-0.4, -0.2) is 50.2 Å². The zero-order valence-corrected chi connectivity index (χ0v) is 18.5. The summed E-state index contributed by atoms with van der Waals surface area (Å²) in [7, 11) is 1.40. The fourth-order valence-corrected chi connectivity index (χ4v) is 4.04. The van der Waals surface area contributed by atoms with E-state index in [1.165, 1.54) is 12.7 Å². The first kappa shape index (κ1) is 23.3. The Morgan fingerprint density at radius 2 is 1.94 bits per heavy atom. The highest BCUT2D eigenvalue weighted by molar-refractivity contribution is 5.89. The molecular formula is C25H30N4O3. The first-order valence-corrected chi connectivity index (χ1v) is 11.0. The van der Waals surface area contributed by atoms with Gasteiger partial charge in [-0.25, -0.2) is 9.59 Å². The Balaban J connectivity index is 1.32. The second kappa shape index (κ2) is 11.9. The van der Waals surface area contributed by atoms with Crippen LogP contribution in [0.3, 0.4) is 0 Å². The number of amides is 2. The van der Waals surface area contributed by atoms with E-state index in [1.807, 2.05) is 12.1 Å². The summed E-state index contributed by atoms with van der Waals surface area (Å²) in [6, 6.07) is 16.4. The Labute approximate surface area is 189 Å². The van der Waals surface area contributed by atoms with Gasteiger partial charge in [-0.1, -0.05) is 18.2 Å². The Hall–Kier alpha value is -3.37. The molecule has 1 saturated heterocycles. The molecule has 1 aliphatic heterocycles. The van der Waals surface area contributed by atoms with Crippen molar-refractivity contribution in [3.8, 4) is 6.07 Å². The van der Waals surface area contributed by atoms with E-state index in [2.05, 4.69) is 27.7 Å². The van der Waals surface area contributed by atoms with Crippen LogP contribution in [-0.2, 0) is 11.2 Å². The monoisotopic (exact) mass is 434 g/mol. The van der Waals surface area contributed by atoms with Gasteiger partial charge in [0.25, 0.3) is 0 Å². The van der Waals surface area contributed by atoms with E-state index in [-0.39, 0.29) is 12.0 Å². The zero-order chi connectivity index (χ0) is 22.8. The lowest BCUT2D eigenvalue weighted by atomic mass is 9.89. The van der Waals surface area contributed by atoms with E-state index < -0.39 is 0 Å². The van der Waals surface area contributed by atoms with Gasteiger partial charge in [-0.3, -0.25) is 0 Å². The van der Waals surface area contributed by atoms with Crippen LogP contribution in [0.4, 0.5) is 10.5 Å². The minimum absolute atomic E-state index is 0.256. The number of nitriles is 1. The smallest absolute Gasteiger partial charge is 0.337 e. The summed E-state index contributed by atoms with van der Waals surface area (Å²) in [5.74, 6) is 0.326. The fourth-order valence-electron chi connectivity index (χ4n) is 4.04. The van der Waals surface area contributed by atoms with Gasteiger partial charge in [0.05, 0.1) is 24.3 Å². The van der Waals surface area contributed by atoms with Crippen LogP contribution in [0, 0.1) is 17.2 Å². The van der Waals surface area contributed by atoms with Crippen molar-refractivity contribution in [3.05, 3.63) is 65.2 Å². The Morgan fingerprint density at radius 1 is 1.16 bits per heavy atom. The van der Waals surface area contributed by atoms with Gasteiger partial charge >= 0.3 is 12.0 Å². The van der Waals surface area contributed by atoms with Gasteiger partial charge in [-0.2, -0.15) is 5.26 Å². The van der Waals surface area contributed by atoms with Crippen molar-refractivity contribution < 1.29 is 14.3 Å². The molecule has 0 aliphatic carbocycles. The van der Waals surface area contributed by atoms with Crippen molar-refractivity contribution in [2.45, 2.75) is 25.7 Å². The number of urea groups is 1. The van der Waals surface area contributed by atoms with Crippen LogP contribution >= 0.6 is 0 Å². The number of anilines is 1. The van der Waals surface area contributed by atoms with Crippen molar-refractivity contribution >= 4 is 17.7 Å². The molecule has 1 aliphatic rings. The van der Waals surface area contributed by atoms with E-state index in [0.717, 1.165) is 45.3 Å². The molecule has 7 heteroatoms. The molecule has 7 nitrogen and oxygen atoms in total. The SMILES string of the molecule is COC(=O)c1cccc(CC2CCN(CCCNC(=O)Nc3cccc(C#N)c3)CC2)c1. The van der Waals surface area contributed by atoms with Crippen LogP contribution in [0.15, 0.2) is 48.5 Å². The number of piperidine rings is 1. The van der Waals surface area contributed by atoms with Crippen LogP contribution in [0.5, 0.6) is 0 Å². The van der Waals surface area contributed by atoms with Crippen molar-refractivity contribution in [1.82, 2.24) is 10.2 Å². The molecule has 2 N–H and O–H groups in total. The standard InChI is InChI=1S/C25H30N4O3/c1-32-24(30)22-7-2-5-20(16-22)15-19-9-13-29(14-10-19)12-4-11-27-25(31)28-23-8-3-6-21(17-23)18-26/h2-3,5-8,16-17,19H,4,9-15H2,1H3,(H2,27,28,31). The van der Waals surface area contributed by atoms with Crippen LogP contribution < -0.4 is 10.6 Å². The molecule has 0 saturated carbocycles. The number of carbonyl (C=O) groups excluding carboxylic acids is 2. The van der Waals surface area contributed by atoms with Crippen molar-refractivity contribution in [3.63, 3.8) is 0 Å². The van der Waals surface area contributed by atoms with Gasteiger partial charge in [0, 0.05) is 12.2 Å². The number of rotatable bonds is 8. The second-order valence-corrected chi connectivity index (χ2v) is 8.11. The van der Waals surface area contributed by atoms with Crippen molar-refractivity contribution in [1.29, 1.82) is 5.26 Å². The zero-order valence-electron chi connectivity index (χ0n) is 18.5. The molecule has 1 heterocycles. The maximum Gasteiger partial charge on any atom is 0.337 e. The van der Waals surface area contributed by atoms with Crippen molar-refractivity contribution in [2.24, 2.45) is 5.92 Å². The lowest BCUT2D eigenvalue weighted by molar-refractivity contribution is 0.0600. The molecule has 0 spiro atoms. The minimum Gasteiger partial charge on any atom is -0.465 e. The molecule has 0 radical (unpaired) electrons. The number of nitrogens with zero attached hydrogens (tertiary/aromatic N) is 2. The molecular weight excluding hydrogens is 404 g/mol. The molecule has 1 fully saturated rings. The third-order valence-electron chi connectivity index (χ3n) is 5.77. The van der Waals surface area contributed by atoms with Crippen molar-refractivity contribution in [2.75, 3.05) is 38.6 Å². The number of nitrogens with one attached hydrogen (secondary N) is 2. The van der Waals surface area contributed by atoms with Gasteiger partial charge in [-0.15, -0.1) is 0 Å². The fraction of sp³-hybridized carbons (Fsp3) is 0.400. The van der Waals surface area contributed by atoms with E-state index in [1.54, 1.807) is 30.3 Å². The lowest BCUT2D eigenvalue weighted by Crippen LogP contribution is -2.37. The number of likely N-dealkylation sites (tertiary alicyclic amines) is 1. The third-order valence-corrected chi connectivity index (χ3v) is 5.77. The summed E-state index contributed by atoms with van der Waals surface area (Å²) >= 11 is 0. The molecule has 32 heavy (non-hydrogen) atoms. The third kappa shape index (κ3) is 7.10. The highest BCUT2D eigenvalue weighted by Gasteiger charge is 2.19. The van der Waals surface area contributed by atoms with Gasteiger partial charge in [0.2, 0.25) is 0 Å². The van der Waals surface area contributed by atoms with E-state index in [4.69, 9.17) is 10.00 Å². The maximum absolute atomic E-state index is 12.0. The first-order valence-electron chi connectivity index (χ1n) is 11.0. The predicted molar refractivity (Wildman–Crippen MR) is 123 cm³/mol. The average Bonchev–Trinajstić information content (AvgIpc) is 2.82. The van der Waals surface area contributed by atoms with Crippen LogP contribution in [0.2, 0.25) is 0 Å². The molecule has 168 valence electrons. The Morgan fingerprint density at radius 3 is 2.69 bits per heavy atom. The predicted octanol–water partition coefficient (Wildman–Crippen LogP) is 3.81. The number of hydrogen-bond acceptors (Lipinski definition) is 5. The summed E-state index contributed by atoms with van der Waals surface area (Å²) in [5.41, 5.74) is 2.92. The Bertz CT molecular complexity index is 962. The summed E-state index contributed by atoms with van der Waals surface area (Å²) in [4.78, 5) is 26.2. The van der Waals surface area contributed by atoms with E-state index >= 15 is 0 Å². The Kier molecular flexibility index (Phi) is 8.64. The molecule has 0 unspecified atom stereocenters. The van der Waals surface area contributed by atoms with E-state index in [0.29, 0.717) is 29.3 Å². The maximum atomic E-state index is 12.0. The second-order valence-electron chi connectivity index (χ2n) is 8.11. The molecule has 0 atom stereocenters. The normalized spacial score (nSPS) is 14.4. The van der Waals surface area contributed by atoms with Crippen LogP contribution in [0.25, 0.3) is 0 Å². The van der Waals surface area contributed by atoms with Gasteiger partial charge in [-0.05, 0) is 87.1 Å². The molecule has 2 amide bonds.